The zero-order valence-electron chi connectivity index (χ0n) is 12.8. The van der Waals surface area contributed by atoms with Gasteiger partial charge in [0, 0.05) is 23.7 Å². The van der Waals surface area contributed by atoms with Crippen molar-refractivity contribution in [2.24, 2.45) is 0 Å². The van der Waals surface area contributed by atoms with E-state index in [1.54, 1.807) is 0 Å². The Morgan fingerprint density at radius 2 is 1.71 bits per heavy atom. The number of nitrogens with zero attached hydrogens (tertiary/aromatic N) is 3. The van der Waals surface area contributed by atoms with Gasteiger partial charge in [0.25, 0.3) is 0 Å². The monoisotopic (exact) mass is 281 g/mol. The summed E-state index contributed by atoms with van der Waals surface area (Å²) in [6, 6.07) is 6.01. The standard InChI is InChI=1S/C17H19N3O/c1-5-20-9-14-10(2)8-15(18-17(14)19-20)13-6-11(3)16(21)12(4)7-13/h6-9,21H,5H2,1-4H3. The van der Waals surface area contributed by atoms with Crippen molar-refractivity contribution in [2.75, 3.05) is 0 Å². The lowest BCUT2D eigenvalue weighted by Gasteiger charge is -2.08. The molecule has 1 N–H and O–H groups in total. The average Bonchev–Trinajstić information content (AvgIpc) is 2.88. The van der Waals surface area contributed by atoms with E-state index >= 15 is 0 Å². The van der Waals surface area contributed by atoms with Gasteiger partial charge in [-0.15, -0.1) is 0 Å². The summed E-state index contributed by atoms with van der Waals surface area (Å²) in [5, 5.41) is 15.5. The Labute approximate surface area is 124 Å². The molecule has 21 heavy (non-hydrogen) atoms. The zero-order valence-corrected chi connectivity index (χ0v) is 12.8. The molecule has 3 rings (SSSR count). The number of hydrogen-bond acceptors (Lipinski definition) is 3. The molecule has 0 radical (unpaired) electrons. The molecule has 0 saturated heterocycles. The minimum Gasteiger partial charge on any atom is -0.507 e. The molecule has 0 unspecified atom stereocenters. The largest absolute Gasteiger partial charge is 0.507 e. The van der Waals surface area contributed by atoms with Gasteiger partial charge in [-0.25, -0.2) is 4.98 Å². The van der Waals surface area contributed by atoms with Gasteiger partial charge in [-0.2, -0.15) is 5.10 Å². The summed E-state index contributed by atoms with van der Waals surface area (Å²) in [5.74, 6) is 0.354. The number of aromatic hydroxyl groups is 1. The number of rotatable bonds is 2. The third-order valence-corrected chi connectivity index (χ3v) is 3.86. The van der Waals surface area contributed by atoms with Crippen LogP contribution < -0.4 is 0 Å². The van der Waals surface area contributed by atoms with Crippen LogP contribution >= 0.6 is 0 Å². The Morgan fingerprint density at radius 1 is 1.05 bits per heavy atom. The van der Waals surface area contributed by atoms with E-state index in [4.69, 9.17) is 0 Å². The number of aromatic nitrogens is 3. The first-order valence-electron chi connectivity index (χ1n) is 7.15. The molecule has 1 aromatic carbocycles. The van der Waals surface area contributed by atoms with Gasteiger partial charge in [0.2, 0.25) is 0 Å². The van der Waals surface area contributed by atoms with E-state index in [2.05, 4.69) is 30.0 Å². The Morgan fingerprint density at radius 3 is 2.33 bits per heavy atom. The van der Waals surface area contributed by atoms with Gasteiger partial charge in [-0.05, 0) is 62.6 Å². The Balaban J connectivity index is 2.21. The number of phenolic OH excluding ortho intramolecular Hbond substituents is 1. The molecule has 108 valence electrons. The van der Waals surface area contributed by atoms with Crippen molar-refractivity contribution in [1.29, 1.82) is 0 Å². The summed E-state index contributed by atoms with van der Waals surface area (Å²) in [6.45, 7) is 8.79. The van der Waals surface area contributed by atoms with Crippen molar-refractivity contribution < 1.29 is 5.11 Å². The maximum absolute atomic E-state index is 9.90. The highest BCUT2D eigenvalue weighted by Crippen LogP contribution is 2.30. The third-order valence-electron chi connectivity index (χ3n) is 3.86. The molecule has 0 aliphatic rings. The average molecular weight is 281 g/mol. The van der Waals surface area contributed by atoms with E-state index in [0.29, 0.717) is 5.75 Å². The number of aryl methyl sites for hydroxylation is 4. The summed E-state index contributed by atoms with van der Waals surface area (Å²) >= 11 is 0. The normalized spacial score (nSPS) is 11.2. The Kier molecular flexibility index (Phi) is 3.16. The van der Waals surface area contributed by atoms with Crippen molar-refractivity contribution in [1.82, 2.24) is 14.8 Å². The highest BCUT2D eigenvalue weighted by atomic mass is 16.3. The van der Waals surface area contributed by atoms with Crippen LogP contribution in [0, 0.1) is 20.8 Å². The highest BCUT2D eigenvalue weighted by Gasteiger charge is 2.11. The second-order valence-electron chi connectivity index (χ2n) is 5.51. The molecule has 0 fully saturated rings. The van der Waals surface area contributed by atoms with Crippen LogP contribution in [-0.2, 0) is 6.54 Å². The SMILES string of the molecule is CCn1cc2c(C)cc(-c3cc(C)c(O)c(C)c3)nc2n1. The lowest BCUT2D eigenvalue weighted by Crippen LogP contribution is -1.93. The smallest absolute Gasteiger partial charge is 0.181 e. The van der Waals surface area contributed by atoms with Crippen LogP contribution in [0.3, 0.4) is 0 Å². The van der Waals surface area contributed by atoms with Gasteiger partial charge in [-0.3, -0.25) is 4.68 Å². The quantitative estimate of drug-likeness (QED) is 0.778. The van der Waals surface area contributed by atoms with E-state index in [9.17, 15) is 5.11 Å². The molecule has 0 atom stereocenters. The fourth-order valence-electron chi connectivity index (χ4n) is 2.61. The van der Waals surface area contributed by atoms with Gasteiger partial charge in [-0.1, -0.05) is 0 Å². The van der Waals surface area contributed by atoms with Crippen LogP contribution in [0.2, 0.25) is 0 Å². The molecule has 3 aromatic rings. The van der Waals surface area contributed by atoms with E-state index in [1.807, 2.05) is 36.9 Å². The summed E-state index contributed by atoms with van der Waals surface area (Å²) in [4.78, 5) is 4.67. The summed E-state index contributed by atoms with van der Waals surface area (Å²) in [7, 11) is 0. The van der Waals surface area contributed by atoms with Crippen LogP contribution in [0.5, 0.6) is 5.75 Å². The number of hydrogen-bond donors (Lipinski definition) is 1. The van der Waals surface area contributed by atoms with Crippen molar-refractivity contribution in [2.45, 2.75) is 34.2 Å². The molecule has 0 spiro atoms. The first-order chi connectivity index (χ1) is 9.99. The topological polar surface area (TPSA) is 50.9 Å². The van der Waals surface area contributed by atoms with Crippen LogP contribution in [0.4, 0.5) is 0 Å². The molecule has 0 bridgehead atoms. The number of phenols is 1. The van der Waals surface area contributed by atoms with E-state index in [0.717, 1.165) is 45.5 Å². The second kappa shape index (κ2) is 4.88. The Bertz CT molecular complexity index is 810. The molecule has 4 nitrogen and oxygen atoms in total. The van der Waals surface area contributed by atoms with Crippen molar-refractivity contribution in [3.05, 3.63) is 41.1 Å². The fraction of sp³-hybridized carbons (Fsp3) is 0.294. The first-order valence-corrected chi connectivity index (χ1v) is 7.15. The first kappa shape index (κ1) is 13.6. The van der Waals surface area contributed by atoms with Crippen molar-refractivity contribution >= 4 is 11.0 Å². The number of pyridine rings is 1. The van der Waals surface area contributed by atoms with E-state index < -0.39 is 0 Å². The number of fused-ring (bicyclic) bond motifs is 1. The lowest BCUT2D eigenvalue weighted by molar-refractivity contribution is 0.467. The maximum atomic E-state index is 9.90. The van der Waals surface area contributed by atoms with Crippen LogP contribution in [0.15, 0.2) is 24.4 Å². The molecule has 0 saturated carbocycles. The molecule has 0 amide bonds. The van der Waals surface area contributed by atoms with Gasteiger partial charge >= 0.3 is 0 Å². The predicted molar refractivity (Wildman–Crippen MR) is 84.5 cm³/mol. The van der Waals surface area contributed by atoms with Gasteiger partial charge in [0.1, 0.15) is 5.75 Å². The lowest BCUT2D eigenvalue weighted by atomic mass is 10.0. The van der Waals surface area contributed by atoms with Gasteiger partial charge < -0.3 is 5.11 Å². The molecule has 4 heteroatoms. The van der Waals surface area contributed by atoms with Crippen LogP contribution in [0.25, 0.3) is 22.3 Å². The summed E-state index contributed by atoms with van der Waals surface area (Å²) < 4.78 is 1.90. The molecule has 0 aliphatic carbocycles. The highest BCUT2D eigenvalue weighted by molar-refractivity contribution is 5.82. The van der Waals surface area contributed by atoms with Crippen LogP contribution in [-0.4, -0.2) is 19.9 Å². The van der Waals surface area contributed by atoms with Gasteiger partial charge in [0.05, 0.1) is 5.69 Å². The summed E-state index contributed by atoms with van der Waals surface area (Å²) in [6.07, 6.45) is 2.04. The minimum absolute atomic E-state index is 0.354. The molecule has 2 aromatic heterocycles. The zero-order chi connectivity index (χ0) is 15.1. The summed E-state index contributed by atoms with van der Waals surface area (Å²) in [5.41, 5.74) is 5.58. The molecular weight excluding hydrogens is 262 g/mol. The Hall–Kier alpha value is -2.36. The van der Waals surface area contributed by atoms with E-state index in [-0.39, 0.29) is 0 Å². The third kappa shape index (κ3) is 2.27. The van der Waals surface area contributed by atoms with Crippen molar-refractivity contribution in [3.8, 4) is 17.0 Å². The fourth-order valence-corrected chi connectivity index (χ4v) is 2.61. The number of benzene rings is 1. The maximum Gasteiger partial charge on any atom is 0.181 e. The molecular formula is C17H19N3O. The predicted octanol–water partition coefficient (Wildman–Crippen LogP) is 3.75. The van der Waals surface area contributed by atoms with Gasteiger partial charge in [0.15, 0.2) is 5.65 Å². The van der Waals surface area contributed by atoms with Crippen LogP contribution in [0.1, 0.15) is 23.6 Å². The van der Waals surface area contributed by atoms with Crippen molar-refractivity contribution in [3.63, 3.8) is 0 Å². The second-order valence-corrected chi connectivity index (χ2v) is 5.51. The molecule has 2 heterocycles. The van der Waals surface area contributed by atoms with E-state index in [1.165, 1.54) is 0 Å². The minimum atomic E-state index is 0.354. The molecule has 0 aliphatic heterocycles.